The van der Waals surface area contributed by atoms with Gasteiger partial charge in [-0.05, 0) is 31.2 Å². The molecule has 2 heterocycles. The number of pyridine rings is 1. The molecular formula is C13H15N3O2. The number of rotatable bonds is 3. The summed E-state index contributed by atoms with van der Waals surface area (Å²) < 4.78 is 5.43. The summed E-state index contributed by atoms with van der Waals surface area (Å²) in [6, 6.07) is 7.00. The van der Waals surface area contributed by atoms with Gasteiger partial charge in [-0.25, -0.2) is 4.98 Å². The van der Waals surface area contributed by atoms with Gasteiger partial charge in [-0.2, -0.15) is 0 Å². The number of nitrogens with two attached hydrogens (primary N) is 1. The summed E-state index contributed by atoms with van der Waals surface area (Å²) in [5, 5.41) is 0. The van der Waals surface area contributed by atoms with Gasteiger partial charge in [0.05, 0.1) is 18.4 Å². The molecule has 2 aromatic rings. The number of carbonyl (C=O) groups is 1. The van der Waals surface area contributed by atoms with Crippen molar-refractivity contribution in [1.82, 2.24) is 9.88 Å². The second-order valence-electron chi connectivity index (χ2n) is 4.15. The highest BCUT2D eigenvalue weighted by atomic mass is 16.3. The molecular weight excluding hydrogens is 230 g/mol. The number of aryl methyl sites for hydroxylation is 1. The first-order chi connectivity index (χ1) is 8.56. The Bertz CT molecular complexity index is 546. The molecule has 2 N–H and O–H groups in total. The van der Waals surface area contributed by atoms with Gasteiger partial charge in [0.25, 0.3) is 5.91 Å². The van der Waals surface area contributed by atoms with Crippen LogP contribution in [0.2, 0.25) is 0 Å². The van der Waals surface area contributed by atoms with Crippen molar-refractivity contribution in [3.05, 3.63) is 47.7 Å². The van der Waals surface area contributed by atoms with Crippen molar-refractivity contribution in [2.75, 3.05) is 12.8 Å². The average molecular weight is 245 g/mol. The number of aromatic nitrogens is 1. The van der Waals surface area contributed by atoms with Gasteiger partial charge >= 0.3 is 0 Å². The Kier molecular flexibility index (Phi) is 3.32. The van der Waals surface area contributed by atoms with Crippen LogP contribution in [0.3, 0.4) is 0 Å². The normalized spacial score (nSPS) is 10.3. The van der Waals surface area contributed by atoms with Crippen molar-refractivity contribution >= 4 is 11.6 Å². The molecule has 0 bridgehead atoms. The maximum absolute atomic E-state index is 12.0. The largest absolute Gasteiger partial charge is 0.464 e. The van der Waals surface area contributed by atoms with Gasteiger partial charge in [-0.3, -0.25) is 4.79 Å². The predicted molar refractivity (Wildman–Crippen MR) is 67.9 cm³/mol. The van der Waals surface area contributed by atoms with Crippen LogP contribution in [0, 0.1) is 6.92 Å². The van der Waals surface area contributed by atoms with E-state index < -0.39 is 0 Å². The molecule has 0 spiro atoms. The SMILES string of the molecule is Cc1ccc(CN(C)C(=O)c2ccc(N)cn2)o1. The molecule has 5 heteroatoms. The van der Waals surface area contributed by atoms with E-state index in [-0.39, 0.29) is 5.91 Å². The molecule has 2 aromatic heterocycles. The van der Waals surface area contributed by atoms with Gasteiger partial charge in [-0.1, -0.05) is 0 Å². The fourth-order valence-electron chi connectivity index (χ4n) is 1.60. The van der Waals surface area contributed by atoms with E-state index in [1.54, 1.807) is 24.1 Å². The van der Waals surface area contributed by atoms with E-state index in [0.29, 0.717) is 17.9 Å². The molecule has 0 aromatic carbocycles. The molecule has 2 rings (SSSR count). The Morgan fingerprint density at radius 3 is 2.72 bits per heavy atom. The molecule has 18 heavy (non-hydrogen) atoms. The Balaban J connectivity index is 2.07. The van der Waals surface area contributed by atoms with Crippen molar-refractivity contribution in [3.63, 3.8) is 0 Å². The van der Waals surface area contributed by atoms with Crippen LogP contribution in [-0.2, 0) is 6.54 Å². The quantitative estimate of drug-likeness (QED) is 0.895. The Morgan fingerprint density at radius 2 is 2.17 bits per heavy atom. The average Bonchev–Trinajstić information content (AvgIpc) is 2.75. The molecule has 0 atom stereocenters. The van der Waals surface area contributed by atoms with Gasteiger partial charge in [0.15, 0.2) is 0 Å². The van der Waals surface area contributed by atoms with Crippen molar-refractivity contribution in [2.45, 2.75) is 13.5 Å². The maximum atomic E-state index is 12.0. The third-order valence-corrected chi connectivity index (χ3v) is 2.54. The van der Waals surface area contributed by atoms with E-state index in [2.05, 4.69) is 4.98 Å². The summed E-state index contributed by atoms with van der Waals surface area (Å²) in [6.07, 6.45) is 1.47. The molecule has 5 nitrogen and oxygen atoms in total. The zero-order valence-corrected chi connectivity index (χ0v) is 10.4. The summed E-state index contributed by atoms with van der Waals surface area (Å²) in [5.41, 5.74) is 6.44. The summed E-state index contributed by atoms with van der Waals surface area (Å²) in [7, 11) is 1.71. The standard InChI is InChI=1S/C13H15N3O2/c1-9-3-5-11(18-9)8-16(2)13(17)12-6-4-10(14)7-15-12/h3-7H,8,14H2,1-2H3. The number of hydrogen-bond acceptors (Lipinski definition) is 4. The lowest BCUT2D eigenvalue weighted by Crippen LogP contribution is -2.26. The highest BCUT2D eigenvalue weighted by Crippen LogP contribution is 2.11. The fraction of sp³-hybridized carbons (Fsp3) is 0.231. The van der Waals surface area contributed by atoms with Gasteiger partial charge in [-0.15, -0.1) is 0 Å². The lowest BCUT2D eigenvalue weighted by molar-refractivity contribution is 0.0769. The molecule has 0 aliphatic rings. The molecule has 1 amide bonds. The highest BCUT2D eigenvalue weighted by Gasteiger charge is 2.14. The lowest BCUT2D eigenvalue weighted by atomic mass is 10.3. The number of carbonyl (C=O) groups excluding carboxylic acids is 1. The third kappa shape index (κ3) is 2.68. The first kappa shape index (κ1) is 12.2. The Morgan fingerprint density at radius 1 is 1.39 bits per heavy atom. The van der Waals surface area contributed by atoms with Crippen LogP contribution in [0.25, 0.3) is 0 Å². The highest BCUT2D eigenvalue weighted by molar-refractivity contribution is 5.92. The lowest BCUT2D eigenvalue weighted by Gasteiger charge is -2.15. The summed E-state index contributed by atoms with van der Waals surface area (Å²) >= 11 is 0. The number of nitrogen functional groups attached to an aromatic ring is 1. The first-order valence-electron chi connectivity index (χ1n) is 5.58. The van der Waals surface area contributed by atoms with E-state index in [0.717, 1.165) is 11.5 Å². The van der Waals surface area contributed by atoms with E-state index in [1.165, 1.54) is 6.20 Å². The molecule has 0 unspecified atom stereocenters. The minimum atomic E-state index is -0.163. The van der Waals surface area contributed by atoms with Crippen molar-refractivity contribution in [1.29, 1.82) is 0 Å². The minimum absolute atomic E-state index is 0.163. The van der Waals surface area contributed by atoms with Gasteiger partial charge in [0.1, 0.15) is 17.2 Å². The number of anilines is 1. The van der Waals surface area contributed by atoms with E-state index in [4.69, 9.17) is 10.2 Å². The second-order valence-corrected chi connectivity index (χ2v) is 4.15. The van der Waals surface area contributed by atoms with E-state index in [9.17, 15) is 4.79 Å². The van der Waals surface area contributed by atoms with Crippen LogP contribution in [0.15, 0.2) is 34.9 Å². The molecule has 0 fully saturated rings. The second kappa shape index (κ2) is 4.91. The molecule has 0 aliphatic heterocycles. The smallest absolute Gasteiger partial charge is 0.272 e. The Hall–Kier alpha value is -2.30. The fourth-order valence-corrected chi connectivity index (χ4v) is 1.60. The number of hydrogen-bond donors (Lipinski definition) is 1. The monoisotopic (exact) mass is 245 g/mol. The predicted octanol–water partition coefficient (Wildman–Crippen LogP) is 1.84. The third-order valence-electron chi connectivity index (χ3n) is 2.54. The van der Waals surface area contributed by atoms with Gasteiger partial charge in [0.2, 0.25) is 0 Å². The number of furan rings is 1. The molecule has 0 saturated heterocycles. The van der Waals surface area contributed by atoms with Crippen molar-refractivity contribution in [2.24, 2.45) is 0 Å². The van der Waals surface area contributed by atoms with Gasteiger partial charge in [0, 0.05) is 7.05 Å². The van der Waals surface area contributed by atoms with Crippen LogP contribution < -0.4 is 5.73 Å². The Labute approximate surface area is 105 Å². The maximum Gasteiger partial charge on any atom is 0.272 e. The first-order valence-corrected chi connectivity index (χ1v) is 5.58. The van der Waals surface area contributed by atoms with Crippen molar-refractivity contribution < 1.29 is 9.21 Å². The van der Waals surface area contributed by atoms with E-state index in [1.807, 2.05) is 19.1 Å². The van der Waals surface area contributed by atoms with Crippen LogP contribution in [0.5, 0.6) is 0 Å². The summed E-state index contributed by atoms with van der Waals surface area (Å²) in [5.74, 6) is 1.42. The van der Waals surface area contributed by atoms with Crippen LogP contribution in [0.1, 0.15) is 22.0 Å². The summed E-state index contributed by atoms with van der Waals surface area (Å²) in [4.78, 5) is 17.6. The van der Waals surface area contributed by atoms with Gasteiger partial charge < -0.3 is 15.1 Å². The number of nitrogens with zero attached hydrogens (tertiary/aromatic N) is 2. The zero-order chi connectivity index (χ0) is 13.1. The van der Waals surface area contributed by atoms with Crippen LogP contribution in [0.4, 0.5) is 5.69 Å². The zero-order valence-electron chi connectivity index (χ0n) is 10.4. The van der Waals surface area contributed by atoms with Crippen LogP contribution in [-0.4, -0.2) is 22.8 Å². The molecule has 94 valence electrons. The number of amides is 1. The summed E-state index contributed by atoms with van der Waals surface area (Å²) in [6.45, 7) is 2.28. The van der Waals surface area contributed by atoms with E-state index >= 15 is 0 Å². The molecule has 0 radical (unpaired) electrons. The topological polar surface area (TPSA) is 72.4 Å². The molecule has 0 saturated carbocycles. The van der Waals surface area contributed by atoms with Crippen LogP contribution >= 0.6 is 0 Å². The molecule has 0 aliphatic carbocycles. The minimum Gasteiger partial charge on any atom is -0.464 e. The van der Waals surface area contributed by atoms with Crippen molar-refractivity contribution in [3.8, 4) is 0 Å².